The van der Waals surface area contributed by atoms with Gasteiger partial charge in [-0.3, -0.25) is 14.4 Å². The summed E-state index contributed by atoms with van der Waals surface area (Å²) in [5.74, 6) is 1.01. The molecule has 1 aromatic carbocycles. The van der Waals surface area contributed by atoms with Crippen molar-refractivity contribution < 1.29 is 0 Å². The van der Waals surface area contributed by atoms with Gasteiger partial charge in [-0.2, -0.15) is 5.10 Å². The van der Waals surface area contributed by atoms with E-state index in [0.29, 0.717) is 11.7 Å². The third-order valence-corrected chi connectivity index (χ3v) is 5.44. The van der Waals surface area contributed by atoms with E-state index >= 15 is 0 Å². The highest BCUT2D eigenvalue weighted by molar-refractivity contribution is 5.60. The van der Waals surface area contributed by atoms with Crippen LogP contribution >= 0.6 is 0 Å². The molecule has 0 aliphatic carbocycles. The van der Waals surface area contributed by atoms with Gasteiger partial charge in [-0.15, -0.1) is 0 Å². The monoisotopic (exact) mass is 392 g/mol. The Morgan fingerprint density at radius 1 is 1.21 bits per heavy atom. The van der Waals surface area contributed by atoms with Gasteiger partial charge < -0.3 is 10.3 Å². The van der Waals surface area contributed by atoms with Crippen LogP contribution in [-0.4, -0.2) is 44.8 Å². The van der Waals surface area contributed by atoms with Crippen LogP contribution in [0.25, 0.3) is 11.4 Å². The van der Waals surface area contributed by atoms with E-state index in [1.165, 1.54) is 5.56 Å². The second kappa shape index (κ2) is 8.71. The molecular weight excluding hydrogens is 364 g/mol. The number of H-pyrrole nitrogens is 1. The second-order valence-corrected chi connectivity index (χ2v) is 7.89. The highest BCUT2D eigenvalue weighted by Crippen LogP contribution is 2.26. The Bertz CT molecular complexity index is 1020. The molecule has 3 aromatic rings. The quantitative estimate of drug-likeness (QED) is 0.673. The van der Waals surface area contributed by atoms with Crippen LogP contribution in [-0.2, 0) is 20.1 Å². The van der Waals surface area contributed by atoms with Gasteiger partial charge >= 0.3 is 0 Å². The lowest BCUT2D eigenvalue weighted by Gasteiger charge is -2.22. The van der Waals surface area contributed by atoms with E-state index in [0.717, 1.165) is 55.8 Å². The largest absolute Gasteiger partial charge is 0.317 e. The molecule has 1 aliphatic rings. The molecule has 1 fully saturated rings. The molecule has 152 valence electrons. The average Bonchev–Trinajstić information content (AvgIpc) is 3.13. The van der Waals surface area contributed by atoms with Gasteiger partial charge in [-0.1, -0.05) is 24.3 Å². The van der Waals surface area contributed by atoms with Crippen molar-refractivity contribution in [2.24, 2.45) is 7.05 Å². The van der Waals surface area contributed by atoms with Crippen LogP contribution < -0.4 is 10.9 Å². The first kappa shape index (κ1) is 19.5. The van der Waals surface area contributed by atoms with Crippen molar-refractivity contribution in [3.05, 3.63) is 69.9 Å². The summed E-state index contributed by atoms with van der Waals surface area (Å²) in [6, 6.07) is 9.84. The molecule has 7 nitrogen and oxygen atoms in total. The molecule has 2 N–H and O–H groups in total. The van der Waals surface area contributed by atoms with E-state index in [1.807, 2.05) is 42.3 Å². The summed E-state index contributed by atoms with van der Waals surface area (Å²) in [6.07, 6.45) is 5.96. The maximum Gasteiger partial charge on any atom is 0.251 e. The lowest BCUT2D eigenvalue weighted by molar-refractivity contribution is 0.319. The summed E-state index contributed by atoms with van der Waals surface area (Å²) in [6.45, 7) is 3.52. The van der Waals surface area contributed by atoms with Gasteiger partial charge in [-0.25, -0.2) is 4.98 Å². The van der Waals surface area contributed by atoms with E-state index in [2.05, 4.69) is 33.4 Å². The fourth-order valence-corrected chi connectivity index (χ4v) is 4.03. The molecule has 0 atom stereocenters. The molecule has 0 amide bonds. The fraction of sp³-hybridized carbons (Fsp3) is 0.409. The molecule has 0 saturated carbocycles. The first-order valence-electron chi connectivity index (χ1n) is 10.1. The summed E-state index contributed by atoms with van der Waals surface area (Å²) in [5, 5.41) is 7.61. The van der Waals surface area contributed by atoms with Gasteiger partial charge in [0.1, 0.15) is 5.82 Å². The number of hydrogen-bond donors (Lipinski definition) is 2. The first-order valence-corrected chi connectivity index (χ1v) is 10.1. The number of aromatic nitrogens is 4. The van der Waals surface area contributed by atoms with Crippen molar-refractivity contribution in [1.82, 2.24) is 30.0 Å². The number of nitrogens with one attached hydrogen (secondary N) is 2. The molecule has 4 rings (SSSR count). The van der Waals surface area contributed by atoms with E-state index in [-0.39, 0.29) is 5.56 Å². The zero-order chi connectivity index (χ0) is 20.2. The molecule has 1 saturated heterocycles. The molecule has 0 spiro atoms. The van der Waals surface area contributed by atoms with Crippen molar-refractivity contribution in [3.63, 3.8) is 0 Å². The molecule has 0 radical (unpaired) electrons. The number of aromatic amines is 1. The maximum atomic E-state index is 12.4. The molecule has 0 unspecified atom stereocenters. The predicted molar refractivity (Wildman–Crippen MR) is 114 cm³/mol. The molecule has 3 heterocycles. The van der Waals surface area contributed by atoms with Gasteiger partial charge in [0.25, 0.3) is 5.56 Å². The van der Waals surface area contributed by atoms with Crippen molar-refractivity contribution in [3.8, 4) is 11.4 Å². The second-order valence-electron chi connectivity index (χ2n) is 7.89. The molecular formula is C22H28N6O. The average molecular weight is 393 g/mol. The Balaban J connectivity index is 1.59. The van der Waals surface area contributed by atoms with Crippen molar-refractivity contribution in [1.29, 1.82) is 0 Å². The third kappa shape index (κ3) is 4.81. The number of benzene rings is 1. The number of aryl methyl sites for hydroxylation is 1. The maximum absolute atomic E-state index is 12.4. The summed E-state index contributed by atoms with van der Waals surface area (Å²) in [5.41, 5.74) is 4.13. The Morgan fingerprint density at radius 3 is 2.76 bits per heavy atom. The normalized spacial score (nSPS) is 15.1. The Kier molecular flexibility index (Phi) is 5.87. The predicted octanol–water partition coefficient (Wildman–Crippen LogP) is 2.27. The molecule has 7 heteroatoms. The van der Waals surface area contributed by atoms with E-state index in [4.69, 9.17) is 4.98 Å². The van der Waals surface area contributed by atoms with Gasteiger partial charge in [0.15, 0.2) is 0 Å². The van der Waals surface area contributed by atoms with Gasteiger partial charge in [0.2, 0.25) is 0 Å². The minimum absolute atomic E-state index is 0.0814. The summed E-state index contributed by atoms with van der Waals surface area (Å²) in [7, 11) is 4.02. The summed E-state index contributed by atoms with van der Waals surface area (Å²) >= 11 is 0. The lowest BCUT2D eigenvalue weighted by atomic mass is 9.94. The number of rotatable bonds is 6. The van der Waals surface area contributed by atoms with Gasteiger partial charge in [0.05, 0.1) is 11.9 Å². The topological polar surface area (TPSA) is 78.8 Å². The number of piperidine rings is 1. The van der Waals surface area contributed by atoms with Crippen LogP contribution in [0.15, 0.2) is 47.5 Å². The molecule has 2 aromatic heterocycles. The summed E-state index contributed by atoms with van der Waals surface area (Å²) < 4.78 is 1.82. The smallest absolute Gasteiger partial charge is 0.251 e. The van der Waals surface area contributed by atoms with Crippen LogP contribution in [0.2, 0.25) is 0 Å². The lowest BCUT2D eigenvalue weighted by Crippen LogP contribution is -2.28. The van der Waals surface area contributed by atoms with Gasteiger partial charge in [-0.05, 0) is 38.5 Å². The zero-order valence-corrected chi connectivity index (χ0v) is 17.1. The van der Waals surface area contributed by atoms with E-state index in [9.17, 15) is 4.79 Å². The van der Waals surface area contributed by atoms with Crippen LogP contribution in [0.4, 0.5) is 0 Å². The third-order valence-electron chi connectivity index (χ3n) is 5.44. The highest BCUT2D eigenvalue weighted by atomic mass is 16.1. The highest BCUT2D eigenvalue weighted by Gasteiger charge is 2.19. The fourth-order valence-electron chi connectivity index (χ4n) is 4.03. The van der Waals surface area contributed by atoms with Gasteiger partial charge in [0, 0.05) is 49.4 Å². The Labute approximate surface area is 170 Å². The Hall–Kier alpha value is -2.77. The number of hydrogen-bond acceptors (Lipinski definition) is 5. The van der Waals surface area contributed by atoms with E-state index < -0.39 is 0 Å². The number of nitrogens with zero attached hydrogens (tertiary/aromatic N) is 4. The zero-order valence-electron chi connectivity index (χ0n) is 17.1. The van der Waals surface area contributed by atoms with Crippen LogP contribution in [0, 0.1) is 0 Å². The molecule has 29 heavy (non-hydrogen) atoms. The van der Waals surface area contributed by atoms with Crippen molar-refractivity contribution in [2.75, 3.05) is 20.1 Å². The molecule has 1 aliphatic heterocycles. The van der Waals surface area contributed by atoms with Crippen LogP contribution in [0.5, 0.6) is 0 Å². The minimum Gasteiger partial charge on any atom is -0.317 e. The summed E-state index contributed by atoms with van der Waals surface area (Å²) in [4.78, 5) is 22.4. The van der Waals surface area contributed by atoms with Crippen molar-refractivity contribution >= 4 is 0 Å². The minimum atomic E-state index is -0.0814. The molecule has 0 bridgehead atoms. The van der Waals surface area contributed by atoms with Crippen LogP contribution in [0.3, 0.4) is 0 Å². The SMILES string of the molecule is CN(Cc1cnn(C)c1)Cc1ccccc1-c1nc(C2CCNCC2)cc(=O)[nH]1. The Morgan fingerprint density at radius 2 is 2.00 bits per heavy atom. The standard InChI is InChI=1S/C22H28N6O/c1-27(13-16-12-24-28(2)14-16)15-18-5-3-4-6-19(18)22-25-20(11-21(29)26-22)17-7-9-23-10-8-17/h3-6,11-12,14,17,23H,7-10,13,15H2,1-2H3,(H,25,26,29). The van der Waals surface area contributed by atoms with Crippen molar-refractivity contribution in [2.45, 2.75) is 31.8 Å². The van der Waals surface area contributed by atoms with Crippen LogP contribution in [0.1, 0.15) is 35.6 Å². The first-order chi connectivity index (χ1) is 14.1. The van der Waals surface area contributed by atoms with E-state index in [1.54, 1.807) is 6.07 Å².